The van der Waals surface area contributed by atoms with E-state index < -0.39 is 5.91 Å². The molecule has 0 unspecified atom stereocenters. The van der Waals surface area contributed by atoms with Crippen molar-refractivity contribution in [1.29, 1.82) is 0 Å². The summed E-state index contributed by atoms with van der Waals surface area (Å²) < 4.78 is 13.4. The maximum atomic E-state index is 13.4. The molecule has 1 aromatic heterocycles. The van der Waals surface area contributed by atoms with E-state index in [1.165, 1.54) is 23.5 Å². The highest BCUT2D eigenvalue weighted by atomic mass is 32.1. The zero-order valence-corrected chi connectivity index (χ0v) is 16.8. The third-order valence-electron chi connectivity index (χ3n) is 4.98. The van der Waals surface area contributed by atoms with Crippen LogP contribution in [0.25, 0.3) is 11.6 Å². The molecule has 0 spiro atoms. The molecule has 7 heteroatoms. The summed E-state index contributed by atoms with van der Waals surface area (Å²) in [4.78, 5) is 28.3. The Bertz CT molecular complexity index is 1110. The molecule has 0 aliphatic carbocycles. The lowest BCUT2D eigenvalue weighted by Gasteiger charge is -2.28. The van der Waals surface area contributed by atoms with Gasteiger partial charge in [0.1, 0.15) is 5.82 Å². The number of hydrogen-bond acceptors (Lipinski definition) is 4. The first-order valence-electron chi connectivity index (χ1n) is 9.43. The van der Waals surface area contributed by atoms with E-state index in [1.54, 1.807) is 28.6 Å². The van der Waals surface area contributed by atoms with Crippen LogP contribution >= 0.6 is 11.3 Å². The molecular formula is C23H19FN2O3S. The van der Waals surface area contributed by atoms with E-state index >= 15 is 0 Å². The number of hydrogen-bond donors (Lipinski definition) is 2. The maximum absolute atomic E-state index is 13.4. The van der Waals surface area contributed by atoms with E-state index in [0.717, 1.165) is 16.0 Å². The molecule has 0 atom stereocenters. The first kappa shape index (κ1) is 20.0. The van der Waals surface area contributed by atoms with Crippen molar-refractivity contribution < 1.29 is 19.2 Å². The molecule has 2 amide bonds. The normalized spacial score (nSPS) is 13.7. The molecule has 1 aliphatic rings. The van der Waals surface area contributed by atoms with E-state index in [4.69, 9.17) is 5.21 Å². The molecule has 30 heavy (non-hydrogen) atoms. The molecule has 2 heterocycles. The van der Waals surface area contributed by atoms with E-state index in [9.17, 15) is 14.0 Å². The monoisotopic (exact) mass is 422 g/mol. The van der Waals surface area contributed by atoms with Gasteiger partial charge in [-0.2, -0.15) is 0 Å². The van der Waals surface area contributed by atoms with Crippen molar-refractivity contribution in [3.63, 3.8) is 0 Å². The number of fused-ring (bicyclic) bond motifs is 1. The summed E-state index contributed by atoms with van der Waals surface area (Å²) in [5.74, 6) is -1.07. The summed E-state index contributed by atoms with van der Waals surface area (Å²) in [5.41, 5.74) is 4.54. The predicted octanol–water partition coefficient (Wildman–Crippen LogP) is 4.13. The second-order valence-electron chi connectivity index (χ2n) is 6.95. The molecule has 5 nitrogen and oxygen atoms in total. The quantitative estimate of drug-likeness (QED) is 0.287. The Morgan fingerprint density at radius 1 is 1.10 bits per heavy atom. The van der Waals surface area contributed by atoms with Gasteiger partial charge in [-0.3, -0.25) is 14.8 Å². The van der Waals surface area contributed by atoms with Gasteiger partial charge in [-0.1, -0.05) is 42.5 Å². The van der Waals surface area contributed by atoms with Crippen LogP contribution in [0.4, 0.5) is 4.39 Å². The van der Waals surface area contributed by atoms with Gasteiger partial charge >= 0.3 is 0 Å². The average molecular weight is 422 g/mol. The lowest BCUT2D eigenvalue weighted by molar-refractivity contribution is -0.125. The maximum Gasteiger partial charge on any atom is 0.284 e. The first-order chi connectivity index (χ1) is 14.5. The Kier molecular flexibility index (Phi) is 5.74. The van der Waals surface area contributed by atoms with Gasteiger partial charge in [-0.05, 0) is 47.4 Å². The first-order valence-corrected chi connectivity index (χ1v) is 10.2. The van der Waals surface area contributed by atoms with E-state index in [2.05, 4.69) is 0 Å². The second-order valence-corrected chi connectivity index (χ2v) is 8.09. The van der Waals surface area contributed by atoms with Gasteiger partial charge in [0.05, 0.1) is 4.88 Å². The summed E-state index contributed by atoms with van der Waals surface area (Å²) in [6, 6.07) is 17.1. The Balaban J connectivity index is 1.65. The fraction of sp³-hybridized carbons (Fsp3) is 0.130. The third-order valence-corrected chi connectivity index (χ3v) is 6.21. The van der Waals surface area contributed by atoms with Gasteiger partial charge in [0.2, 0.25) is 0 Å². The standard InChI is InChI=1S/C23H19FN2O3S/c24-18-8-6-16(7-9-18)19(12-15-4-2-1-3-5-15)23(28)26-11-10-20-17(14-26)13-21(30-20)22(27)25-29/h1-9,12-13,29H,10-11,14H2,(H,25,27)/b19-12-. The highest BCUT2D eigenvalue weighted by Crippen LogP contribution is 2.30. The number of halogens is 1. The van der Waals surface area contributed by atoms with Crippen LogP contribution in [-0.4, -0.2) is 28.5 Å². The molecule has 0 saturated carbocycles. The zero-order chi connectivity index (χ0) is 21.1. The average Bonchev–Trinajstić information content (AvgIpc) is 3.21. The smallest absolute Gasteiger partial charge is 0.284 e. The number of nitrogens with one attached hydrogen (secondary N) is 1. The van der Waals surface area contributed by atoms with Crippen molar-refractivity contribution in [3.05, 3.63) is 92.9 Å². The third kappa shape index (κ3) is 4.17. The Morgan fingerprint density at radius 2 is 1.83 bits per heavy atom. The molecule has 1 aliphatic heterocycles. The number of carbonyl (C=O) groups excluding carboxylic acids is 2. The highest BCUT2D eigenvalue weighted by molar-refractivity contribution is 7.14. The largest absolute Gasteiger partial charge is 0.334 e. The molecular weight excluding hydrogens is 403 g/mol. The predicted molar refractivity (Wildman–Crippen MR) is 113 cm³/mol. The van der Waals surface area contributed by atoms with Crippen molar-refractivity contribution in [3.8, 4) is 0 Å². The number of carbonyl (C=O) groups is 2. The van der Waals surface area contributed by atoms with Gasteiger partial charge in [0, 0.05) is 23.5 Å². The van der Waals surface area contributed by atoms with Crippen LogP contribution < -0.4 is 5.48 Å². The lowest BCUT2D eigenvalue weighted by Crippen LogP contribution is -2.35. The number of amides is 2. The molecule has 0 fully saturated rings. The Labute approximate surface area is 177 Å². The van der Waals surface area contributed by atoms with Gasteiger partial charge in [0.25, 0.3) is 11.8 Å². The highest BCUT2D eigenvalue weighted by Gasteiger charge is 2.26. The van der Waals surface area contributed by atoms with Gasteiger partial charge in [-0.25, -0.2) is 9.87 Å². The summed E-state index contributed by atoms with van der Waals surface area (Å²) in [6.45, 7) is 0.885. The van der Waals surface area contributed by atoms with Crippen LogP contribution in [-0.2, 0) is 17.8 Å². The fourth-order valence-electron chi connectivity index (χ4n) is 3.46. The van der Waals surface area contributed by atoms with Crippen LogP contribution in [0, 0.1) is 5.82 Å². The minimum Gasteiger partial charge on any atom is -0.334 e. The van der Waals surface area contributed by atoms with E-state index in [0.29, 0.717) is 35.5 Å². The van der Waals surface area contributed by atoms with Gasteiger partial charge in [0.15, 0.2) is 0 Å². The molecule has 0 bridgehead atoms. The summed E-state index contributed by atoms with van der Waals surface area (Å²) in [7, 11) is 0. The number of thiophene rings is 1. The van der Waals surface area contributed by atoms with Crippen LogP contribution in [0.15, 0.2) is 60.7 Å². The summed E-state index contributed by atoms with van der Waals surface area (Å²) in [6.07, 6.45) is 2.44. The number of hydroxylamine groups is 1. The van der Waals surface area contributed by atoms with Crippen LogP contribution in [0.3, 0.4) is 0 Å². The zero-order valence-electron chi connectivity index (χ0n) is 16.0. The Hall–Kier alpha value is -3.29. The van der Waals surface area contributed by atoms with Gasteiger partial charge in [-0.15, -0.1) is 11.3 Å². The molecule has 2 N–H and O–H groups in total. The lowest BCUT2D eigenvalue weighted by atomic mass is 9.99. The van der Waals surface area contributed by atoms with E-state index in [1.807, 2.05) is 36.4 Å². The summed E-state index contributed by atoms with van der Waals surface area (Å²) >= 11 is 1.32. The summed E-state index contributed by atoms with van der Waals surface area (Å²) in [5, 5.41) is 8.86. The van der Waals surface area contributed by atoms with Crippen LogP contribution in [0.1, 0.15) is 31.2 Å². The Morgan fingerprint density at radius 3 is 2.53 bits per heavy atom. The molecule has 0 saturated heterocycles. The second kappa shape index (κ2) is 8.61. The molecule has 2 aromatic carbocycles. The van der Waals surface area contributed by atoms with Crippen molar-refractivity contribution in [2.24, 2.45) is 0 Å². The fourth-order valence-corrected chi connectivity index (χ4v) is 4.51. The number of rotatable bonds is 4. The van der Waals surface area contributed by atoms with Crippen LogP contribution in [0.5, 0.6) is 0 Å². The number of nitrogens with zero attached hydrogens (tertiary/aromatic N) is 1. The van der Waals surface area contributed by atoms with Gasteiger partial charge < -0.3 is 4.90 Å². The van der Waals surface area contributed by atoms with Crippen molar-refractivity contribution >= 4 is 34.8 Å². The van der Waals surface area contributed by atoms with E-state index in [-0.39, 0.29) is 11.7 Å². The molecule has 0 radical (unpaired) electrons. The SMILES string of the molecule is O=C(NO)c1cc2c(s1)CCN(C(=O)/C(=C\c1ccccc1)c1ccc(F)cc1)C2. The molecule has 3 aromatic rings. The minimum absolute atomic E-state index is 0.157. The topological polar surface area (TPSA) is 69.6 Å². The molecule has 152 valence electrons. The number of benzene rings is 2. The van der Waals surface area contributed by atoms with Crippen molar-refractivity contribution in [1.82, 2.24) is 10.4 Å². The minimum atomic E-state index is -0.553. The van der Waals surface area contributed by atoms with Crippen molar-refractivity contribution in [2.75, 3.05) is 6.54 Å². The van der Waals surface area contributed by atoms with Crippen molar-refractivity contribution in [2.45, 2.75) is 13.0 Å². The molecule has 4 rings (SSSR count). The van der Waals surface area contributed by atoms with Crippen LogP contribution in [0.2, 0.25) is 0 Å².